The third-order valence-electron chi connectivity index (χ3n) is 12.7. The number of nitrogens with zero attached hydrogens (tertiary/aromatic N) is 4. The minimum atomic E-state index is -1.74. The van der Waals surface area contributed by atoms with Gasteiger partial charge in [-0.25, -0.2) is 0 Å². The first-order valence-corrected chi connectivity index (χ1v) is 27.7. The number of fused-ring (bicyclic) bond motifs is 4. The standard InChI is InChI=1S/C39H36N3.C23H34NSi.Ir/c1-6-41-35-18-12-10-16-30(35)33-22-28(20-21-36(33)41)39-40-34-17-11-13-19-37(34)42(39)38-31(25(2)3)23-29(24-32(38)26(4)5)27-14-8-7-9-15-27;1-22(2,3)15-18-14-20(24-16-21(18)25(7,8)9)17-11-10-12-19(13-17)23(4,5)6;/h7-19,21-26H,6H2,1-5H3;10,12-14,16H,15H2,1-9H3;/q2*-1;/i;15D2;. The first-order chi connectivity index (χ1) is 32.5. The average Bonchev–Trinajstić information content (AvgIpc) is 3.86. The van der Waals surface area contributed by atoms with Gasteiger partial charge in [-0.1, -0.05) is 167 Å². The van der Waals surface area contributed by atoms with E-state index < -0.39 is 19.9 Å². The molecule has 0 saturated carbocycles. The van der Waals surface area contributed by atoms with Crippen LogP contribution in [0.4, 0.5) is 0 Å². The van der Waals surface area contributed by atoms with Gasteiger partial charge in [-0.3, -0.25) is 4.98 Å². The number of rotatable bonds is 9. The van der Waals surface area contributed by atoms with Crippen LogP contribution in [-0.2, 0) is 38.4 Å². The third-order valence-corrected chi connectivity index (χ3v) is 14.7. The largest absolute Gasteiger partial charge is 0.381 e. The Kier molecular flexibility index (Phi) is 14.0. The van der Waals surface area contributed by atoms with Crippen LogP contribution in [0.3, 0.4) is 0 Å². The van der Waals surface area contributed by atoms with Crippen LogP contribution < -0.4 is 5.19 Å². The summed E-state index contributed by atoms with van der Waals surface area (Å²) in [5, 5.41) is 3.61. The maximum Gasteiger partial charge on any atom is 0.0798 e. The topological polar surface area (TPSA) is 35.6 Å². The van der Waals surface area contributed by atoms with Gasteiger partial charge in [0.05, 0.1) is 24.9 Å². The molecule has 0 saturated heterocycles. The van der Waals surface area contributed by atoms with Crippen LogP contribution in [0.1, 0.15) is 113 Å². The first kappa shape index (κ1) is 47.7. The molecular formula is C62H70IrN4Si-2. The molecule has 0 aliphatic carbocycles. The molecule has 68 heavy (non-hydrogen) atoms. The van der Waals surface area contributed by atoms with E-state index in [9.17, 15) is 0 Å². The zero-order chi connectivity index (χ0) is 49.8. The molecule has 3 heterocycles. The van der Waals surface area contributed by atoms with Crippen molar-refractivity contribution < 1.29 is 22.8 Å². The van der Waals surface area contributed by atoms with Gasteiger partial charge in [-0.05, 0) is 110 Å². The fraction of sp³-hybridized carbons (Fsp3) is 0.323. The van der Waals surface area contributed by atoms with E-state index in [1.54, 1.807) is 0 Å². The molecule has 0 bridgehead atoms. The van der Waals surface area contributed by atoms with Gasteiger partial charge in [0.2, 0.25) is 0 Å². The molecule has 6 aromatic carbocycles. The Bertz CT molecular complexity index is 3280. The Morgan fingerprint density at radius 1 is 0.676 bits per heavy atom. The van der Waals surface area contributed by atoms with Crippen molar-refractivity contribution in [3.8, 4) is 39.5 Å². The van der Waals surface area contributed by atoms with Gasteiger partial charge < -0.3 is 14.1 Å². The maximum absolute atomic E-state index is 8.89. The summed E-state index contributed by atoms with van der Waals surface area (Å²) in [6.07, 6.45) is 0.472. The van der Waals surface area contributed by atoms with Crippen LogP contribution in [0.2, 0.25) is 19.6 Å². The second-order valence-electron chi connectivity index (χ2n) is 21.8. The summed E-state index contributed by atoms with van der Waals surface area (Å²) in [5.41, 5.74) is 15.3. The van der Waals surface area contributed by atoms with Crippen LogP contribution in [-0.4, -0.2) is 27.2 Å². The fourth-order valence-electron chi connectivity index (χ4n) is 9.30. The smallest absolute Gasteiger partial charge is 0.0798 e. The van der Waals surface area contributed by atoms with Gasteiger partial charge >= 0.3 is 0 Å². The predicted octanol–water partition coefficient (Wildman–Crippen LogP) is 16.5. The molecule has 353 valence electrons. The van der Waals surface area contributed by atoms with E-state index in [0.717, 1.165) is 51.0 Å². The second kappa shape index (κ2) is 19.9. The van der Waals surface area contributed by atoms with Crippen LogP contribution in [0.15, 0.2) is 134 Å². The minimum Gasteiger partial charge on any atom is -0.381 e. The van der Waals surface area contributed by atoms with Crippen molar-refractivity contribution in [2.45, 2.75) is 126 Å². The number of pyridine rings is 1. The Morgan fingerprint density at radius 3 is 1.93 bits per heavy atom. The summed E-state index contributed by atoms with van der Waals surface area (Å²) in [5.74, 6) is 1.58. The van der Waals surface area contributed by atoms with Crippen molar-refractivity contribution in [1.82, 2.24) is 19.1 Å². The monoisotopic (exact) mass is 1090 g/mol. The SMILES string of the molecule is CCn1c2c[c-]c(-c3nc4ccccc4n3-c3c(C(C)C)cc(-c4ccccc4)cc3C(C)C)cc2c2ccccc21.[2H]C([2H])(c1cc(-c2[c-]ccc(C(C)(C)C)c2)ncc1[Si](C)(C)C)C(C)(C)C.[Ir]. The van der Waals surface area contributed by atoms with Crippen molar-refractivity contribution in [3.05, 3.63) is 168 Å². The average molecular weight is 1090 g/mol. The summed E-state index contributed by atoms with van der Waals surface area (Å²) < 4.78 is 22.6. The summed E-state index contributed by atoms with van der Waals surface area (Å²) >= 11 is 0. The van der Waals surface area contributed by atoms with Crippen LogP contribution >= 0.6 is 0 Å². The molecule has 9 aromatic rings. The minimum absolute atomic E-state index is 0. The Hall–Kier alpha value is -5.39. The molecular weight excluding hydrogens is 1020 g/mol. The van der Waals surface area contributed by atoms with Crippen molar-refractivity contribution in [1.29, 1.82) is 0 Å². The number of aryl methyl sites for hydroxylation is 1. The summed E-state index contributed by atoms with van der Waals surface area (Å²) in [4.78, 5) is 10.0. The molecule has 0 unspecified atom stereocenters. The number of benzene rings is 6. The van der Waals surface area contributed by atoms with Crippen LogP contribution in [0.25, 0.3) is 72.3 Å². The van der Waals surface area contributed by atoms with Gasteiger partial charge in [0, 0.05) is 46.8 Å². The first-order valence-electron chi connectivity index (χ1n) is 25.2. The van der Waals surface area contributed by atoms with Crippen molar-refractivity contribution in [2.24, 2.45) is 5.41 Å². The summed E-state index contributed by atoms with van der Waals surface area (Å²) in [6, 6.07) is 52.3. The molecule has 3 aromatic heterocycles. The summed E-state index contributed by atoms with van der Waals surface area (Å²) in [6.45, 7) is 31.5. The molecule has 9 rings (SSSR count). The molecule has 0 fully saturated rings. The summed E-state index contributed by atoms with van der Waals surface area (Å²) in [7, 11) is -1.74. The number of hydrogen-bond acceptors (Lipinski definition) is 2. The zero-order valence-corrected chi connectivity index (χ0v) is 46.1. The van der Waals surface area contributed by atoms with E-state index in [0.29, 0.717) is 11.8 Å². The molecule has 0 amide bonds. The van der Waals surface area contributed by atoms with E-state index in [1.165, 1.54) is 55.3 Å². The number of para-hydroxylation sites is 3. The van der Waals surface area contributed by atoms with Crippen molar-refractivity contribution in [3.63, 3.8) is 0 Å². The molecule has 0 spiro atoms. The molecule has 1 radical (unpaired) electrons. The van der Waals surface area contributed by atoms with E-state index in [2.05, 4.69) is 212 Å². The van der Waals surface area contributed by atoms with Crippen LogP contribution in [0.5, 0.6) is 0 Å². The fourth-order valence-corrected chi connectivity index (χ4v) is 10.7. The van der Waals surface area contributed by atoms with Gasteiger partial charge in [0.1, 0.15) is 0 Å². The van der Waals surface area contributed by atoms with Crippen LogP contribution in [0, 0.1) is 17.5 Å². The van der Waals surface area contributed by atoms with E-state index >= 15 is 0 Å². The Labute approximate surface area is 424 Å². The third kappa shape index (κ3) is 10.4. The van der Waals surface area contributed by atoms with Crippen molar-refractivity contribution >= 4 is 46.1 Å². The maximum atomic E-state index is 8.89. The molecule has 0 aliphatic heterocycles. The van der Waals surface area contributed by atoms with Crippen molar-refractivity contribution in [2.75, 3.05) is 0 Å². The predicted molar refractivity (Wildman–Crippen MR) is 291 cm³/mol. The van der Waals surface area contributed by atoms with Gasteiger partial charge in [0.15, 0.2) is 0 Å². The second-order valence-corrected chi connectivity index (χ2v) is 26.9. The normalized spacial score (nSPS) is 12.9. The number of hydrogen-bond donors (Lipinski definition) is 0. The Morgan fingerprint density at radius 2 is 1.31 bits per heavy atom. The Balaban J connectivity index is 0.000000225. The molecule has 0 aliphatic rings. The molecule has 4 nitrogen and oxygen atoms in total. The molecule has 6 heteroatoms. The van der Waals surface area contributed by atoms with E-state index in [1.807, 2.05) is 39.1 Å². The zero-order valence-electron chi connectivity index (χ0n) is 44.7. The van der Waals surface area contributed by atoms with E-state index in [-0.39, 0.29) is 25.5 Å². The van der Waals surface area contributed by atoms with Gasteiger partial charge in [-0.15, -0.1) is 59.2 Å². The molecule has 0 N–H and O–H groups in total. The number of imidazole rings is 1. The van der Waals surface area contributed by atoms with Gasteiger partial charge in [-0.2, -0.15) is 0 Å². The molecule has 0 atom stereocenters. The quantitative estimate of drug-likeness (QED) is 0.107. The van der Waals surface area contributed by atoms with E-state index in [4.69, 9.17) is 12.7 Å². The number of aromatic nitrogens is 4. The van der Waals surface area contributed by atoms with Gasteiger partial charge in [0.25, 0.3) is 0 Å².